The first-order chi connectivity index (χ1) is 6.69. The zero-order valence-electron chi connectivity index (χ0n) is 7.77. The Morgan fingerprint density at radius 2 is 2.36 bits per heavy atom. The minimum atomic E-state index is -0.545. The number of esters is 1. The van der Waals surface area contributed by atoms with E-state index in [2.05, 4.69) is 4.74 Å². The lowest BCUT2D eigenvalue weighted by molar-refractivity contribution is -0.137. The predicted octanol–water partition coefficient (Wildman–Crippen LogP) is -0.160. The van der Waals surface area contributed by atoms with Gasteiger partial charge in [0, 0.05) is 12.2 Å². The van der Waals surface area contributed by atoms with E-state index in [1.807, 2.05) is 6.07 Å². The zero-order valence-corrected chi connectivity index (χ0v) is 7.77. The molecule has 0 radical (unpaired) electrons. The monoisotopic (exact) mass is 194 g/mol. The van der Waals surface area contributed by atoms with Crippen LogP contribution in [0, 0.1) is 11.3 Å². The van der Waals surface area contributed by atoms with Gasteiger partial charge in [0.15, 0.2) is 0 Å². The van der Waals surface area contributed by atoms with Crippen LogP contribution in [0.5, 0.6) is 0 Å². The largest absolute Gasteiger partial charge is 0.463 e. The lowest BCUT2D eigenvalue weighted by Gasteiger charge is -1.95. The molecule has 1 fully saturated rings. The van der Waals surface area contributed by atoms with Crippen molar-refractivity contribution in [3.8, 4) is 6.07 Å². The molecule has 1 rings (SSSR count). The number of rotatable bonds is 3. The van der Waals surface area contributed by atoms with Crippen LogP contribution in [-0.4, -0.2) is 36.0 Å². The van der Waals surface area contributed by atoms with Crippen LogP contribution in [0.4, 0.5) is 0 Å². The molecule has 0 saturated carbocycles. The molecule has 0 aromatic heterocycles. The van der Waals surface area contributed by atoms with Crippen LogP contribution >= 0.6 is 0 Å². The molecule has 1 aliphatic heterocycles. The molecule has 5 nitrogen and oxygen atoms in total. The molecule has 1 heterocycles. The highest BCUT2D eigenvalue weighted by Crippen LogP contribution is 2.16. The van der Waals surface area contributed by atoms with Crippen molar-refractivity contribution in [3.05, 3.63) is 12.2 Å². The van der Waals surface area contributed by atoms with E-state index in [0.717, 1.165) is 12.2 Å². The smallest absolute Gasteiger partial charge is 0.330 e. The summed E-state index contributed by atoms with van der Waals surface area (Å²) < 4.78 is 4.58. The molecule has 0 N–H and O–H groups in total. The standard InChI is InChI=1S/C9H10N2O3/c1-2-14-9(13)4-3-8(12)11-6-7(11)5-10/h3-4,7H,2,6H2,1H3/b4-3+. The molecule has 5 heteroatoms. The lowest BCUT2D eigenvalue weighted by Crippen LogP contribution is -2.10. The van der Waals surface area contributed by atoms with Crippen molar-refractivity contribution in [2.75, 3.05) is 13.2 Å². The van der Waals surface area contributed by atoms with Gasteiger partial charge in [-0.1, -0.05) is 0 Å². The van der Waals surface area contributed by atoms with Crippen molar-refractivity contribution in [2.24, 2.45) is 0 Å². The summed E-state index contributed by atoms with van der Waals surface area (Å²) in [4.78, 5) is 23.3. The highest BCUT2D eigenvalue weighted by Gasteiger charge is 2.37. The minimum absolute atomic E-state index is 0.280. The third-order valence-electron chi connectivity index (χ3n) is 1.69. The summed E-state index contributed by atoms with van der Waals surface area (Å²) in [7, 11) is 0. The molecule has 1 unspecified atom stereocenters. The average molecular weight is 194 g/mol. The van der Waals surface area contributed by atoms with Gasteiger partial charge < -0.3 is 9.64 Å². The predicted molar refractivity (Wildman–Crippen MR) is 46.9 cm³/mol. The average Bonchev–Trinajstić information content (AvgIpc) is 2.93. The summed E-state index contributed by atoms with van der Waals surface area (Å²) in [5.74, 6) is -0.874. The molecular weight excluding hydrogens is 184 g/mol. The van der Waals surface area contributed by atoms with Gasteiger partial charge in [-0.2, -0.15) is 5.26 Å². The summed E-state index contributed by atoms with van der Waals surface area (Å²) in [5.41, 5.74) is 0. The first-order valence-electron chi connectivity index (χ1n) is 4.24. The Hall–Kier alpha value is -1.83. The number of nitrogens with zero attached hydrogens (tertiary/aromatic N) is 2. The fraction of sp³-hybridized carbons (Fsp3) is 0.444. The van der Waals surface area contributed by atoms with E-state index in [-0.39, 0.29) is 18.6 Å². The third-order valence-corrected chi connectivity index (χ3v) is 1.69. The first kappa shape index (κ1) is 10.3. The molecule has 0 aliphatic carbocycles. The Morgan fingerprint density at radius 1 is 1.64 bits per heavy atom. The van der Waals surface area contributed by atoms with Crippen LogP contribution in [0.25, 0.3) is 0 Å². The maximum atomic E-state index is 11.2. The first-order valence-corrected chi connectivity index (χ1v) is 4.24. The molecule has 1 saturated heterocycles. The zero-order chi connectivity index (χ0) is 10.6. The lowest BCUT2D eigenvalue weighted by atomic mass is 10.4. The number of nitriles is 1. The van der Waals surface area contributed by atoms with E-state index >= 15 is 0 Å². The van der Waals surface area contributed by atoms with Crippen LogP contribution in [0.2, 0.25) is 0 Å². The number of hydrogen-bond donors (Lipinski definition) is 0. The Balaban J connectivity index is 2.35. The van der Waals surface area contributed by atoms with Crippen LogP contribution in [-0.2, 0) is 14.3 Å². The Morgan fingerprint density at radius 3 is 2.86 bits per heavy atom. The van der Waals surface area contributed by atoms with Gasteiger partial charge in [-0.3, -0.25) is 4.79 Å². The Kier molecular flexibility index (Phi) is 3.24. The van der Waals surface area contributed by atoms with Gasteiger partial charge in [0.1, 0.15) is 6.04 Å². The van der Waals surface area contributed by atoms with E-state index in [1.54, 1.807) is 6.92 Å². The highest BCUT2D eigenvalue weighted by molar-refractivity contribution is 5.96. The van der Waals surface area contributed by atoms with Crippen LogP contribution in [0.3, 0.4) is 0 Å². The van der Waals surface area contributed by atoms with Crippen molar-refractivity contribution in [3.63, 3.8) is 0 Å². The SMILES string of the molecule is CCOC(=O)/C=C/C(=O)N1CC1C#N. The van der Waals surface area contributed by atoms with Gasteiger partial charge in [0.2, 0.25) is 5.91 Å². The van der Waals surface area contributed by atoms with Crippen LogP contribution < -0.4 is 0 Å². The molecule has 1 atom stereocenters. The minimum Gasteiger partial charge on any atom is -0.463 e. The summed E-state index contributed by atoms with van der Waals surface area (Å²) in [5, 5.41) is 8.43. The fourth-order valence-electron chi connectivity index (χ4n) is 0.919. The number of hydrogen-bond acceptors (Lipinski definition) is 4. The summed E-state index contributed by atoms with van der Waals surface area (Å²) in [6, 6.07) is 1.61. The van der Waals surface area contributed by atoms with Gasteiger partial charge in [-0.25, -0.2) is 4.79 Å². The third kappa shape index (κ3) is 2.59. The second-order valence-electron chi connectivity index (χ2n) is 2.72. The van der Waals surface area contributed by atoms with Crippen molar-refractivity contribution >= 4 is 11.9 Å². The number of ether oxygens (including phenoxy) is 1. The topological polar surface area (TPSA) is 70.2 Å². The number of amides is 1. The molecule has 0 bridgehead atoms. The number of carbonyl (C=O) groups excluding carboxylic acids is 2. The summed E-state index contributed by atoms with van der Waals surface area (Å²) in [6.45, 7) is 2.41. The van der Waals surface area contributed by atoms with Crippen molar-refractivity contribution in [1.82, 2.24) is 4.90 Å². The quantitative estimate of drug-likeness (QED) is 0.355. The molecule has 1 amide bonds. The molecule has 0 spiro atoms. The normalized spacial score (nSPS) is 19.1. The van der Waals surface area contributed by atoms with Gasteiger partial charge in [-0.05, 0) is 6.92 Å². The molecule has 0 aromatic rings. The highest BCUT2D eigenvalue weighted by atomic mass is 16.5. The Labute approximate surface area is 81.6 Å². The van der Waals surface area contributed by atoms with E-state index in [9.17, 15) is 9.59 Å². The number of carbonyl (C=O) groups is 2. The molecule has 14 heavy (non-hydrogen) atoms. The van der Waals surface area contributed by atoms with Crippen LogP contribution in [0.15, 0.2) is 12.2 Å². The summed E-state index contributed by atoms with van der Waals surface area (Å²) >= 11 is 0. The van der Waals surface area contributed by atoms with Gasteiger partial charge in [0.25, 0.3) is 0 Å². The molecule has 1 aliphatic rings. The van der Waals surface area contributed by atoms with Crippen molar-refractivity contribution < 1.29 is 14.3 Å². The van der Waals surface area contributed by atoms with E-state index in [1.165, 1.54) is 4.90 Å². The van der Waals surface area contributed by atoms with Crippen molar-refractivity contribution in [1.29, 1.82) is 5.26 Å². The Bertz CT molecular complexity index is 317. The van der Waals surface area contributed by atoms with Gasteiger partial charge in [0.05, 0.1) is 19.2 Å². The van der Waals surface area contributed by atoms with Crippen LogP contribution in [0.1, 0.15) is 6.92 Å². The summed E-state index contributed by atoms with van der Waals surface area (Å²) in [6.07, 6.45) is 2.19. The fourth-order valence-corrected chi connectivity index (χ4v) is 0.919. The molecule has 0 aromatic carbocycles. The van der Waals surface area contributed by atoms with Crippen molar-refractivity contribution in [2.45, 2.75) is 13.0 Å². The van der Waals surface area contributed by atoms with E-state index in [0.29, 0.717) is 6.54 Å². The molecular formula is C9H10N2O3. The van der Waals surface area contributed by atoms with Gasteiger partial charge in [-0.15, -0.1) is 0 Å². The molecule has 74 valence electrons. The maximum Gasteiger partial charge on any atom is 0.330 e. The maximum absolute atomic E-state index is 11.2. The second kappa shape index (κ2) is 4.42. The van der Waals surface area contributed by atoms with E-state index < -0.39 is 5.97 Å². The van der Waals surface area contributed by atoms with E-state index in [4.69, 9.17) is 5.26 Å². The van der Waals surface area contributed by atoms with Gasteiger partial charge >= 0.3 is 5.97 Å². The second-order valence-corrected chi connectivity index (χ2v) is 2.72.